The van der Waals surface area contributed by atoms with Gasteiger partial charge in [0.25, 0.3) is 0 Å². The fraction of sp³-hybridized carbons (Fsp3) is 0.500. The molecule has 0 aromatic heterocycles. The molecule has 1 aromatic carbocycles. The number of carbonyl (C=O) groups is 1. The van der Waals surface area contributed by atoms with E-state index in [0.29, 0.717) is 32.0 Å². The summed E-state index contributed by atoms with van der Waals surface area (Å²) in [5.41, 5.74) is -0.995. The Morgan fingerprint density at radius 1 is 1.33 bits per heavy atom. The quantitative estimate of drug-likeness (QED) is 0.805. The molecule has 0 amide bonds. The van der Waals surface area contributed by atoms with Crippen LogP contribution in [-0.2, 0) is 15.7 Å². The lowest BCUT2D eigenvalue weighted by Crippen LogP contribution is -2.36. The molecule has 1 saturated heterocycles. The van der Waals surface area contributed by atoms with Crippen molar-refractivity contribution in [2.24, 2.45) is 0 Å². The molecule has 0 saturated carbocycles. The minimum Gasteiger partial charge on any atom is -0.462 e. The molecule has 1 fully saturated rings. The monoisotopic (exact) mass is 303 g/mol. The van der Waals surface area contributed by atoms with Crippen molar-refractivity contribution in [3.8, 4) is 0 Å². The van der Waals surface area contributed by atoms with Gasteiger partial charge in [0.1, 0.15) is 0 Å². The second-order valence-corrected chi connectivity index (χ2v) is 4.55. The normalized spacial score (nSPS) is 15.9. The summed E-state index contributed by atoms with van der Waals surface area (Å²) in [7, 11) is 0. The van der Waals surface area contributed by atoms with Gasteiger partial charge in [0, 0.05) is 18.8 Å². The van der Waals surface area contributed by atoms with E-state index in [4.69, 9.17) is 4.74 Å². The summed E-state index contributed by atoms with van der Waals surface area (Å²) >= 11 is 0. The molecule has 0 aliphatic carbocycles. The zero-order valence-corrected chi connectivity index (χ0v) is 11.6. The molecule has 1 aliphatic rings. The predicted octanol–water partition coefficient (Wildman–Crippen LogP) is 2.72. The van der Waals surface area contributed by atoms with E-state index in [1.54, 1.807) is 11.8 Å². The Balaban J connectivity index is 2.37. The molecule has 0 atom stereocenters. The number of alkyl halides is 3. The van der Waals surface area contributed by atoms with Gasteiger partial charge in [0.05, 0.1) is 30.9 Å². The van der Waals surface area contributed by atoms with Gasteiger partial charge in [-0.3, -0.25) is 0 Å². The first-order chi connectivity index (χ1) is 9.93. The van der Waals surface area contributed by atoms with Crippen LogP contribution in [0.4, 0.5) is 18.9 Å². The van der Waals surface area contributed by atoms with Gasteiger partial charge in [-0.15, -0.1) is 0 Å². The van der Waals surface area contributed by atoms with E-state index in [1.807, 2.05) is 0 Å². The minimum absolute atomic E-state index is 0.0291. The summed E-state index contributed by atoms with van der Waals surface area (Å²) in [5.74, 6) is -0.960. The molecule has 4 nitrogen and oxygen atoms in total. The molecule has 1 aromatic rings. The summed E-state index contributed by atoms with van der Waals surface area (Å²) < 4.78 is 49.3. The second-order valence-electron chi connectivity index (χ2n) is 4.55. The highest BCUT2D eigenvalue weighted by atomic mass is 19.4. The number of carbonyl (C=O) groups excluding carboxylic acids is 1. The van der Waals surface area contributed by atoms with Gasteiger partial charge < -0.3 is 14.4 Å². The van der Waals surface area contributed by atoms with Gasteiger partial charge in [-0.2, -0.15) is 13.2 Å². The molecule has 0 unspecified atom stereocenters. The molecule has 2 rings (SSSR count). The van der Waals surface area contributed by atoms with Crippen molar-refractivity contribution in [1.82, 2.24) is 0 Å². The van der Waals surface area contributed by atoms with Gasteiger partial charge >= 0.3 is 12.1 Å². The summed E-state index contributed by atoms with van der Waals surface area (Å²) in [5, 5.41) is 0. The van der Waals surface area contributed by atoms with Crippen LogP contribution in [0.3, 0.4) is 0 Å². The first-order valence-corrected chi connectivity index (χ1v) is 6.64. The van der Waals surface area contributed by atoms with Gasteiger partial charge in [0.2, 0.25) is 0 Å². The van der Waals surface area contributed by atoms with E-state index in [1.165, 1.54) is 12.1 Å². The average molecular weight is 303 g/mol. The van der Waals surface area contributed by atoms with Crippen molar-refractivity contribution >= 4 is 11.7 Å². The lowest BCUT2D eigenvalue weighted by molar-refractivity contribution is -0.138. The third-order valence-corrected chi connectivity index (χ3v) is 3.18. The number of halogens is 3. The fourth-order valence-corrected chi connectivity index (χ4v) is 2.17. The maximum absolute atomic E-state index is 13.1. The van der Waals surface area contributed by atoms with Gasteiger partial charge in [-0.25, -0.2) is 4.79 Å². The van der Waals surface area contributed by atoms with Crippen LogP contribution in [0.15, 0.2) is 18.2 Å². The number of rotatable bonds is 3. The number of ether oxygens (including phenoxy) is 2. The lowest BCUT2D eigenvalue weighted by atomic mass is 10.1. The van der Waals surface area contributed by atoms with E-state index in [9.17, 15) is 18.0 Å². The van der Waals surface area contributed by atoms with Crippen molar-refractivity contribution in [3.05, 3.63) is 29.3 Å². The Morgan fingerprint density at radius 3 is 2.57 bits per heavy atom. The molecule has 0 N–H and O–H groups in total. The maximum atomic E-state index is 13.1. The van der Waals surface area contributed by atoms with E-state index in [-0.39, 0.29) is 6.61 Å². The van der Waals surface area contributed by atoms with Crippen LogP contribution in [0.25, 0.3) is 0 Å². The van der Waals surface area contributed by atoms with Crippen LogP contribution >= 0.6 is 0 Å². The first kappa shape index (κ1) is 15.6. The smallest absolute Gasteiger partial charge is 0.417 e. The maximum Gasteiger partial charge on any atom is 0.417 e. The molecule has 1 aliphatic heterocycles. The Labute approximate surface area is 120 Å². The van der Waals surface area contributed by atoms with Crippen molar-refractivity contribution < 1.29 is 27.4 Å². The van der Waals surface area contributed by atoms with Gasteiger partial charge in [0.15, 0.2) is 0 Å². The molecular weight excluding hydrogens is 287 g/mol. The molecule has 116 valence electrons. The number of hydrogen-bond acceptors (Lipinski definition) is 4. The highest BCUT2D eigenvalue weighted by molar-refractivity contribution is 5.92. The SMILES string of the molecule is CCOC(=O)c1ccc(N2CCOCC2)cc1C(F)(F)F. The van der Waals surface area contributed by atoms with Crippen molar-refractivity contribution in [2.45, 2.75) is 13.1 Å². The van der Waals surface area contributed by atoms with Crippen LogP contribution in [0.1, 0.15) is 22.8 Å². The van der Waals surface area contributed by atoms with Crippen molar-refractivity contribution in [1.29, 1.82) is 0 Å². The number of benzene rings is 1. The van der Waals surface area contributed by atoms with E-state index < -0.39 is 23.3 Å². The topological polar surface area (TPSA) is 38.8 Å². The van der Waals surface area contributed by atoms with Crippen LogP contribution in [0.2, 0.25) is 0 Å². The zero-order chi connectivity index (χ0) is 15.5. The third-order valence-electron chi connectivity index (χ3n) is 3.18. The van der Waals surface area contributed by atoms with Crippen LogP contribution in [0.5, 0.6) is 0 Å². The average Bonchev–Trinajstić information content (AvgIpc) is 2.47. The van der Waals surface area contributed by atoms with Crippen LogP contribution in [0, 0.1) is 0 Å². The minimum atomic E-state index is -4.61. The summed E-state index contributed by atoms with van der Waals surface area (Å²) in [4.78, 5) is 13.4. The molecule has 21 heavy (non-hydrogen) atoms. The lowest BCUT2D eigenvalue weighted by Gasteiger charge is -2.29. The van der Waals surface area contributed by atoms with E-state index in [0.717, 1.165) is 6.07 Å². The molecule has 0 spiro atoms. The highest BCUT2D eigenvalue weighted by Gasteiger charge is 2.36. The number of nitrogens with zero attached hydrogens (tertiary/aromatic N) is 1. The number of morpholine rings is 1. The summed E-state index contributed by atoms with van der Waals surface area (Å²) in [6, 6.07) is 3.68. The Hall–Kier alpha value is -1.76. The van der Waals surface area contributed by atoms with E-state index >= 15 is 0 Å². The number of esters is 1. The second kappa shape index (κ2) is 6.34. The number of hydrogen-bond donors (Lipinski definition) is 0. The Bertz CT molecular complexity index is 511. The largest absolute Gasteiger partial charge is 0.462 e. The van der Waals surface area contributed by atoms with E-state index in [2.05, 4.69) is 4.74 Å². The standard InChI is InChI=1S/C14H16F3NO3/c1-2-21-13(19)11-4-3-10(9-12(11)14(15,16)17)18-5-7-20-8-6-18/h3-4,9H,2,5-8H2,1H3. The third kappa shape index (κ3) is 3.66. The molecule has 0 radical (unpaired) electrons. The first-order valence-electron chi connectivity index (χ1n) is 6.64. The highest BCUT2D eigenvalue weighted by Crippen LogP contribution is 2.35. The van der Waals surface area contributed by atoms with Crippen molar-refractivity contribution in [2.75, 3.05) is 37.8 Å². The molecule has 7 heteroatoms. The summed E-state index contributed by atoms with van der Waals surface area (Å²) in [6.07, 6.45) is -4.61. The number of anilines is 1. The Morgan fingerprint density at radius 2 is 2.00 bits per heavy atom. The van der Waals surface area contributed by atoms with Gasteiger partial charge in [-0.1, -0.05) is 0 Å². The molecular formula is C14H16F3NO3. The van der Waals surface area contributed by atoms with Crippen LogP contribution < -0.4 is 4.90 Å². The van der Waals surface area contributed by atoms with Crippen LogP contribution in [-0.4, -0.2) is 38.9 Å². The molecule has 1 heterocycles. The summed E-state index contributed by atoms with van der Waals surface area (Å²) in [6.45, 7) is 3.57. The fourth-order valence-electron chi connectivity index (χ4n) is 2.17. The van der Waals surface area contributed by atoms with Gasteiger partial charge in [-0.05, 0) is 25.1 Å². The Kier molecular flexibility index (Phi) is 4.72. The zero-order valence-electron chi connectivity index (χ0n) is 11.6. The van der Waals surface area contributed by atoms with Crippen molar-refractivity contribution in [3.63, 3.8) is 0 Å². The molecule has 0 bridgehead atoms. The predicted molar refractivity (Wildman–Crippen MR) is 70.4 cm³/mol.